The van der Waals surface area contributed by atoms with E-state index in [0.717, 1.165) is 11.1 Å². The Morgan fingerprint density at radius 2 is 2.00 bits per heavy atom. The maximum Gasteiger partial charge on any atom is 0.310 e. The number of fused-ring (bicyclic) bond motifs is 1. The lowest BCUT2D eigenvalue weighted by Gasteiger charge is -2.08. The summed E-state index contributed by atoms with van der Waals surface area (Å²) in [7, 11) is 0. The summed E-state index contributed by atoms with van der Waals surface area (Å²) < 4.78 is 5.44. The summed E-state index contributed by atoms with van der Waals surface area (Å²) in [6.45, 7) is 5.45. The predicted molar refractivity (Wildman–Crippen MR) is 96.4 cm³/mol. The van der Waals surface area contributed by atoms with Gasteiger partial charge in [-0.3, -0.25) is 14.6 Å². The zero-order valence-electron chi connectivity index (χ0n) is 14.1. The van der Waals surface area contributed by atoms with Gasteiger partial charge in [-0.1, -0.05) is 18.5 Å². The number of nitrogens with zero attached hydrogens (tertiary/aromatic N) is 1. The molecule has 0 amide bonds. The van der Waals surface area contributed by atoms with Crippen LogP contribution in [0.2, 0.25) is 5.02 Å². The van der Waals surface area contributed by atoms with Crippen LogP contribution in [0.4, 0.5) is 0 Å². The minimum absolute atomic E-state index is 0.192. The predicted octanol–water partition coefficient (Wildman–Crippen LogP) is 4.38. The second kappa shape index (κ2) is 6.69. The summed E-state index contributed by atoms with van der Waals surface area (Å²) >= 11 is 6.06. The number of rotatable bonds is 4. The molecule has 0 aliphatic rings. The van der Waals surface area contributed by atoms with Crippen molar-refractivity contribution in [1.82, 2.24) is 9.97 Å². The van der Waals surface area contributed by atoms with Crippen molar-refractivity contribution < 1.29 is 14.3 Å². The molecular formula is C19H17ClN2O3. The summed E-state index contributed by atoms with van der Waals surface area (Å²) in [5, 5.41) is 1.08. The first kappa shape index (κ1) is 17.2. The fraction of sp³-hybridized carbons (Fsp3) is 0.211. The molecule has 1 N–H and O–H groups in total. The van der Waals surface area contributed by atoms with Crippen LogP contribution in [0, 0.1) is 13.8 Å². The smallest absolute Gasteiger partial charge is 0.310 e. The first-order chi connectivity index (χ1) is 11.9. The highest BCUT2D eigenvalue weighted by molar-refractivity contribution is 6.31. The molecule has 0 saturated heterocycles. The number of halogens is 1. The molecule has 0 radical (unpaired) electrons. The molecule has 1 aromatic carbocycles. The first-order valence-corrected chi connectivity index (χ1v) is 8.29. The molecule has 2 heterocycles. The van der Waals surface area contributed by atoms with E-state index in [2.05, 4.69) is 9.97 Å². The van der Waals surface area contributed by atoms with E-state index in [9.17, 15) is 9.59 Å². The molecular weight excluding hydrogens is 340 g/mol. The quantitative estimate of drug-likeness (QED) is 0.556. The summed E-state index contributed by atoms with van der Waals surface area (Å²) in [5.41, 5.74) is 2.94. The number of aromatic nitrogens is 2. The third kappa shape index (κ3) is 3.15. The van der Waals surface area contributed by atoms with E-state index in [1.54, 1.807) is 31.3 Å². The minimum Gasteiger partial charge on any atom is -0.423 e. The maximum atomic E-state index is 13.0. The summed E-state index contributed by atoms with van der Waals surface area (Å²) in [6, 6.07) is 6.96. The van der Waals surface area contributed by atoms with Crippen molar-refractivity contribution in [1.29, 1.82) is 0 Å². The van der Waals surface area contributed by atoms with Gasteiger partial charge in [-0.15, -0.1) is 0 Å². The highest BCUT2D eigenvalue weighted by atomic mass is 35.5. The average Bonchev–Trinajstić information content (AvgIpc) is 2.94. The van der Waals surface area contributed by atoms with Crippen LogP contribution in [0.3, 0.4) is 0 Å². The number of ether oxygens (including phenoxy) is 1. The van der Waals surface area contributed by atoms with Gasteiger partial charge in [0, 0.05) is 28.5 Å². The van der Waals surface area contributed by atoms with Crippen LogP contribution in [-0.4, -0.2) is 21.7 Å². The van der Waals surface area contributed by atoms with Gasteiger partial charge in [-0.2, -0.15) is 0 Å². The Bertz CT molecular complexity index is 992. The van der Waals surface area contributed by atoms with Crippen LogP contribution in [0.25, 0.3) is 10.9 Å². The summed E-state index contributed by atoms with van der Waals surface area (Å²) in [5.74, 6) is -0.562. The lowest BCUT2D eigenvalue weighted by molar-refractivity contribution is -0.133. The standard InChI is InChI=1S/C19H17ClN2O3/c1-4-15(23)25-19-13-9-12(20)5-6-14(13)22-17(19)18(24)16-11(3)10(2)7-8-21-16/h5-9,22H,4H2,1-3H3. The monoisotopic (exact) mass is 356 g/mol. The maximum absolute atomic E-state index is 13.0. The van der Waals surface area contributed by atoms with Gasteiger partial charge in [-0.25, -0.2) is 0 Å². The van der Waals surface area contributed by atoms with E-state index >= 15 is 0 Å². The molecule has 6 heteroatoms. The zero-order valence-corrected chi connectivity index (χ0v) is 14.9. The van der Waals surface area contributed by atoms with Crippen molar-refractivity contribution in [2.45, 2.75) is 27.2 Å². The number of benzene rings is 1. The number of esters is 1. The number of carbonyl (C=O) groups is 2. The van der Waals surface area contributed by atoms with Crippen molar-refractivity contribution in [3.8, 4) is 5.75 Å². The van der Waals surface area contributed by atoms with E-state index in [4.69, 9.17) is 16.3 Å². The number of carbonyl (C=O) groups excluding carboxylic acids is 2. The Labute approximate surface area is 150 Å². The molecule has 3 rings (SSSR count). The van der Waals surface area contributed by atoms with E-state index < -0.39 is 5.97 Å². The Morgan fingerprint density at radius 3 is 2.72 bits per heavy atom. The molecule has 0 saturated carbocycles. The van der Waals surface area contributed by atoms with Crippen molar-refractivity contribution >= 4 is 34.3 Å². The fourth-order valence-corrected chi connectivity index (χ4v) is 2.74. The number of H-pyrrole nitrogens is 1. The molecule has 5 nitrogen and oxygen atoms in total. The number of nitrogens with one attached hydrogen (secondary N) is 1. The molecule has 0 spiro atoms. The van der Waals surface area contributed by atoms with Crippen LogP contribution < -0.4 is 4.74 Å². The number of aromatic amines is 1. The second-order valence-electron chi connectivity index (χ2n) is 5.78. The topological polar surface area (TPSA) is 72.1 Å². The van der Waals surface area contributed by atoms with E-state index in [1.165, 1.54) is 0 Å². The second-order valence-corrected chi connectivity index (χ2v) is 6.21. The molecule has 0 unspecified atom stereocenters. The van der Waals surface area contributed by atoms with Crippen molar-refractivity contribution in [2.75, 3.05) is 0 Å². The number of ketones is 1. The molecule has 0 aliphatic carbocycles. The van der Waals surface area contributed by atoms with E-state index in [-0.39, 0.29) is 23.6 Å². The Balaban J connectivity index is 2.20. The van der Waals surface area contributed by atoms with Gasteiger partial charge in [0.15, 0.2) is 5.75 Å². The van der Waals surface area contributed by atoms with Gasteiger partial charge < -0.3 is 9.72 Å². The first-order valence-electron chi connectivity index (χ1n) is 7.91. The van der Waals surface area contributed by atoms with E-state index in [0.29, 0.717) is 21.6 Å². The van der Waals surface area contributed by atoms with E-state index in [1.807, 2.05) is 19.9 Å². The molecule has 0 atom stereocenters. The van der Waals surface area contributed by atoms with Gasteiger partial charge in [0.05, 0.1) is 0 Å². The lowest BCUT2D eigenvalue weighted by atomic mass is 10.0. The third-order valence-electron chi connectivity index (χ3n) is 4.13. The Morgan fingerprint density at radius 1 is 1.24 bits per heavy atom. The van der Waals surface area contributed by atoms with Crippen LogP contribution in [0.15, 0.2) is 30.5 Å². The molecule has 0 aliphatic heterocycles. The van der Waals surface area contributed by atoms with Gasteiger partial charge in [0.2, 0.25) is 5.78 Å². The molecule has 2 aromatic heterocycles. The molecule has 3 aromatic rings. The van der Waals surface area contributed by atoms with Gasteiger partial charge in [-0.05, 0) is 49.2 Å². The fourth-order valence-electron chi connectivity index (χ4n) is 2.57. The van der Waals surface area contributed by atoms with Crippen molar-refractivity contribution in [2.24, 2.45) is 0 Å². The molecule has 128 valence electrons. The largest absolute Gasteiger partial charge is 0.423 e. The van der Waals surface area contributed by atoms with Crippen LogP contribution >= 0.6 is 11.6 Å². The highest BCUT2D eigenvalue weighted by Crippen LogP contribution is 2.34. The van der Waals surface area contributed by atoms with Gasteiger partial charge in [0.25, 0.3) is 0 Å². The lowest BCUT2D eigenvalue weighted by Crippen LogP contribution is -2.12. The number of pyridine rings is 1. The van der Waals surface area contributed by atoms with Gasteiger partial charge >= 0.3 is 5.97 Å². The molecule has 0 bridgehead atoms. The van der Waals surface area contributed by atoms with Crippen molar-refractivity contribution in [3.63, 3.8) is 0 Å². The SMILES string of the molecule is CCC(=O)Oc1c(C(=O)c2nccc(C)c2C)[nH]c2ccc(Cl)cc12. The van der Waals surface area contributed by atoms with Crippen LogP contribution in [0.5, 0.6) is 5.75 Å². The number of hydrogen-bond donors (Lipinski definition) is 1. The van der Waals surface area contributed by atoms with Crippen LogP contribution in [-0.2, 0) is 4.79 Å². The highest BCUT2D eigenvalue weighted by Gasteiger charge is 2.24. The number of hydrogen-bond acceptors (Lipinski definition) is 4. The summed E-state index contributed by atoms with van der Waals surface area (Å²) in [4.78, 5) is 32.1. The minimum atomic E-state index is -0.427. The van der Waals surface area contributed by atoms with Crippen molar-refractivity contribution in [3.05, 3.63) is 58.0 Å². The number of aryl methyl sites for hydroxylation is 1. The zero-order chi connectivity index (χ0) is 18.1. The Kier molecular flexibility index (Phi) is 4.59. The molecule has 0 fully saturated rings. The normalized spacial score (nSPS) is 10.9. The van der Waals surface area contributed by atoms with Gasteiger partial charge in [0.1, 0.15) is 11.4 Å². The third-order valence-corrected chi connectivity index (χ3v) is 4.37. The molecule has 25 heavy (non-hydrogen) atoms. The average molecular weight is 357 g/mol. The van der Waals surface area contributed by atoms with Crippen LogP contribution in [0.1, 0.15) is 40.7 Å². The summed E-state index contributed by atoms with van der Waals surface area (Å²) in [6.07, 6.45) is 1.79. The Hall–Kier alpha value is -2.66.